The van der Waals surface area contributed by atoms with Crippen LogP contribution in [0.15, 0.2) is 24.3 Å². The lowest BCUT2D eigenvalue weighted by molar-refractivity contribution is -0.146. The van der Waals surface area contributed by atoms with E-state index >= 15 is 0 Å². The van der Waals surface area contributed by atoms with Crippen molar-refractivity contribution in [2.45, 2.75) is 76.6 Å². The molecule has 2 amide bonds. The molecule has 0 spiro atoms. The molecule has 1 aliphatic rings. The lowest BCUT2D eigenvalue weighted by Gasteiger charge is -2.32. The van der Waals surface area contributed by atoms with Crippen molar-refractivity contribution in [2.24, 2.45) is 5.73 Å². The molecule has 1 unspecified atom stereocenters. The summed E-state index contributed by atoms with van der Waals surface area (Å²) in [5.41, 5.74) is 5.51. The molecule has 0 saturated heterocycles. The van der Waals surface area contributed by atoms with Gasteiger partial charge < -0.3 is 15.4 Å². The van der Waals surface area contributed by atoms with Crippen molar-refractivity contribution < 1.29 is 27.5 Å². The van der Waals surface area contributed by atoms with Gasteiger partial charge in [-0.25, -0.2) is 4.79 Å². The average molecular weight is 414 g/mol. The summed E-state index contributed by atoms with van der Waals surface area (Å²) in [4.78, 5) is 25.7. The lowest BCUT2D eigenvalue weighted by Crippen LogP contribution is -2.42. The van der Waals surface area contributed by atoms with Crippen molar-refractivity contribution in [1.29, 1.82) is 0 Å². The maximum atomic E-state index is 13.2. The first-order chi connectivity index (χ1) is 13.6. The predicted molar refractivity (Wildman–Crippen MR) is 104 cm³/mol. The van der Waals surface area contributed by atoms with Gasteiger partial charge in [0.15, 0.2) is 0 Å². The minimum atomic E-state index is -4.31. The molecule has 1 fully saturated rings. The van der Waals surface area contributed by atoms with Crippen LogP contribution in [-0.4, -0.2) is 41.8 Å². The van der Waals surface area contributed by atoms with Gasteiger partial charge in [-0.15, -0.1) is 0 Å². The summed E-state index contributed by atoms with van der Waals surface area (Å²) in [7, 11) is 0. The number of carbonyl (C=O) groups is 2. The molecule has 5 nitrogen and oxygen atoms in total. The van der Waals surface area contributed by atoms with Crippen LogP contribution in [0.25, 0.3) is 0 Å². The summed E-state index contributed by atoms with van der Waals surface area (Å²) in [5, 5.41) is 0. The number of hydrogen-bond donors (Lipinski definition) is 1. The van der Waals surface area contributed by atoms with Crippen LogP contribution in [0.2, 0.25) is 0 Å². The van der Waals surface area contributed by atoms with E-state index in [2.05, 4.69) is 0 Å². The first-order valence-electron chi connectivity index (χ1n) is 10.1. The van der Waals surface area contributed by atoms with E-state index in [-0.39, 0.29) is 30.2 Å². The number of benzene rings is 1. The summed E-state index contributed by atoms with van der Waals surface area (Å²) >= 11 is 0. The van der Waals surface area contributed by atoms with Crippen LogP contribution in [0, 0.1) is 0 Å². The second-order valence-corrected chi connectivity index (χ2v) is 7.58. The number of amides is 2. The number of rotatable bonds is 10. The van der Waals surface area contributed by atoms with Gasteiger partial charge in [-0.3, -0.25) is 4.79 Å². The van der Waals surface area contributed by atoms with Crippen molar-refractivity contribution >= 4 is 12.0 Å². The van der Waals surface area contributed by atoms with E-state index in [9.17, 15) is 22.8 Å². The zero-order valence-electron chi connectivity index (χ0n) is 16.9. The smallest absolute Gasteiger partial charge is 0.404 e. The topological polar surface area (TPSA) is 72.6 Å². The highest BCUT2D eigenvalue weighted by Crippen LogP contribution is 2.35. The maximum Gasteiger partial charge on any atom is 0.404 e. The van der Waals surface area contributed by atoms with Crippen molar-refractivity contribution in [1.82, 2.24) is 4.90 Å². The number of carbonyl (C=O) groups excluding carboxylic acids is 2. The van der Waals surface area contributed by atoms with E-state index in [1.165, 1.54) is 24.3 Å². The Bertz CT molecular complexity index is 687. The van der Waals surface area contributed by atoms with Crippen LogP contribution in [0.1, 0.15) is 74.2 Å². The van der Waals surface area contributed by atoms with E-state index < -0.39 is 18.2 Å². The maximum absolute atomic E-state index is 13.2. The molecule has 0 aliphatic heterocycles. The highest BCUT2D eigenvalue weighted by atomic mass is 19.4. The third-order valence-corrected chi connectivity index (χ3v) is 5.26. The largest absolute Gasteiger partial charge is 0.450 e. The van der Waals surface area contributed by atoms with Gasteiger partial charge in [0.2, 0.25) is 0 Å². The molecule has 1 saturated carbocycles. The van der Waals surface area contributed by atoms with Crippen LogP contribution in [0.3, 0.4) is 0 Å². The molecule has 1 aromatic carbocycles. The standard InChI is InChI=1S/C21H29F3N2O3/c1-3-5-17(6-4-13-29-20(25)28)26(18-11-12-18)19(27)16-9-7-15(8-10-16)14(2)21(22,23)24/h7-10,14,17-18H,3-6,11-13H2,1-2H3,(H2,25,28)/t14-,17?/m1/s1. The van der Waals surface area contributed by atoms with Crippen LogP contribution in [0.4, 0.5) is 18.0 Å². The Kier molecular flexibility index (Phi) is 7.93. The van der Waals surface area contributed by atoms with Gasteiger partial charge in [0.25, 0.3) is 5.91 Å². The quantitative estimate of drug-likeness (QED) is 0.548. The molecular formula is C21H29F3N2O3. The number of ether oxygens (including phenoxy) is 1. The summed E-state index contributed by atoms with van der Waals surface area (Å²) in [6.45, 7) is 3.35. The molecule has 0 heterocycles. The molecule has 2 atom stereocenters. The second-order valence-electron chi connectivity index (χ2n) is 7.58. The Labute approximate surface area is 169 Å². The highest BCUT2D eigenvalue weighted by Gasteiger charge is 2.38. The minimum Gasteiger partial charge on any atom is -0.450 e. The summed E-state index contributed by atoms with van der Waals surface area (Å²) < 4.78 is 43.5. The number of hydrogen-bond acceptors (Lipinski definition) is 3. The zero-order valence-corrected chi connectivity index (χ0v) is 16.9. The van der Waals surface area contributed by atoms with Crippen molar-refractivity contribution in [3.05, 3.63) is 35.4 Å². The van der Waals surface area contributed by atoms with Gasteiger partial charge in [0.05, 0.1) is 12.5 Å². The van der Waals surface area contributed by atoms with Gasteiger partial charge in [0, 0.05) is 17.6 Å². The minimum absolute atomic E-state index is 0.00903. The molecule has 1 aromatic rings. The highest BCUT2D eigenvalue weighted by molar-refractivity contribution is 5.95. The Morgan fingerprint density at radius 3 is 2.31 bits per heavy atom. The average Bonchev–Trinajstić information content (AvgIpc) is 3.48. The predicted octanol–water partition coefficient (Wildman–Crippen LogP) is 5.00. The van der Waals surface area contributed by atoms with Crippen LogP contribution in [0.5, 0.6) is 0 Å². The number of alkyl halides is 3. The number of halogens is 3. The normalized spacial score (nSPS) is 16.2. The summed E-state index contributed by atoms with van der Waals surface area (Å²) in [5.74, 6) is -1.74. The Morgan fingerprint density at radius 2 is 1.83 bits per heavy atom. The van der Waals surface area contributed by atoms with Crippen LogP contribution >= 0.6 is 0 Å². The van der Waals surface area contributed by atoms with Gasteiger partial charge >= 0.3 is 12.3 Å². The molecule has 29 heavy (non-hydrogen) atoms. The molecule has 0 aromatic heterocycles. The molecule has 2 rings (SSSR count). The van der Waals surface area contributed by atoms with Crippen molar-refractivity contribution in [2.75, 3.05) is 6.61 Å². The molecular weight excluding hydrogens is 385 g/mol. The molecule has 0 bridgehead atoms. The number of primary amides is 1. The molecule has 8 heteroatoms. The van der Waals surface area contributed by atoms with E-state index in [0.29, 0.717) is 18.4 Å². The van der Waals surface area contributed by atoms with Crippen LogP contribution in [-0.2, 0) is 4.74 Å². The fourth-order valence-corrected chi connectivity index (χ4v) is 3.48. The first kappa shape index (κ1) is 23.0. The number of nitrogens with zero attached hydrogens (tertiary/aromatic N) is 1. The summed E-state index contributed by atoms with van der Waals surface area (Å²) in [6.07, 6.45) is -0.328. The third kappa shape index (κ3) is 6.65. The fourth-order valence-electron chi connectivity index (χ4n) is 3.48. The molecule has 2 N–H and O–H groups in total. The van der Waals surface area contributed by atoms with Crippen LogP contribution < -0.4 is 5.73 Å². The van der Waals surface area contributed by atoms with E-state index in [1.54, 1.807) is 0 Å². The SMILES string of the molecule is CCCC(CCCOC(N)=O)N(C(=O)c1ccc([C@@H](C)C(F)(F)F)cc1)C1CC1. The van der Waals surface area contributed by atoms with E-state index in [0.717, 1.165) is 32.6 Å². The Morgan fingerprint density at radius 1 is 1.21 bits per heavy atom. The zero-order chi connectivity index (χ0) is 21.6. The Balaban J connectivity index is 2.11. The van der Waals surface area contributed by atoms with Crippen molar-refractivity contribution in [3.63, 3.8) is 0 Å². The van der Waals surface area contributed by atoms with Gasteiger partial charge in [-0.2, -0.15) is 13.2 Å². The van der Waals surface area contributed by atoms with Gasteiger partial charge in [0.1, 0.15) is 0 Å². The third-order valence-electron chi connectivity index (χ3n) is 5.26. The first-order valence-corrected chi connectivity index (χ1v) is 10.1. The monoisotopic (exact) mass is 414 g/mol. The molecule has 0 radical (unpaired) electrons. The van der Waals surface area contributed by atoms with E-state index in [4.69, 9.17) is 10.5 Å². The van der Waals surface area contributed by atoms with Gasteiger partial charge in [-0.1, -0.05) is 25.5 Å². The molecule has 162 valence electrons. The fraction of sp³-hybridized carbons (Fsp3) is 0.619. The lowest BCUT2D eigenvalue weighted by atomic mass is 9.98. The number of nitrogens with two attached hydrogens (primary N) is 1. The molecule has 1 aliphatic carbocycles. The van der Waals surface area contributed by atoms with Crippen molar-refractivity contribution in [3.8, 4) is 0 Å². The Hall–Kier alpha value is -2.25. The summed E-state index contributed by atoms with van der Waals surface area (Å²) in [6, 6.07) is 5.87. The van der Waals surface area contributed by atoms with E-state index in [1.807, 2.05) is 11.8 Å². The van der Waals surface area contributed by atoms with Gasteiger partial charge in [-0.05, 0) is 56.7 Å². The second kappa shape index (κ2) is 9.98.